The van der Waals surface area contributed by atoms with Crippen LogP contribution >= 0.6 is 22.9 Å². The summed E-state index contributed by atoms with van der Waals surface area (Å²) in [4.78, 5) is 26.3. The molecule has 1 atom stereocenters. The summed E-state index contributed by atoms with van der Waals surface area (Å²) in [6, 6.07) is 4.96. The Hall–Kier alpha value is -1.86. The molecule has 1 aliphatic heterocycles. The molecule has 3 N–H and O–H groups in total. The van der Waals surface area contributed by atoms with Crippen LogP contribution in [0.3, 0.4) is 0 Å². The van der Waals surface area contributed by atoms with Crippen LogP contribution in [0.25, 0.3) is 0 Å². The zero-order chi connectivity index (χ0) is 15.7. The number of aromatic nitrogens is 2. The van der Waals surface area contributed by atoms with Gasteiger partial charge < -0.3 is 10.6 Å². The summed E-state index contributed by atoms with van der Waals surface area (Å²) in [6.07, 6.45) is 2.80. The second-order valence-corrected chi connectivity index (χ2v) is 6.90. The number of aromatic amines is 1. The third kappa shape index (κ3) is 2.86. The standard InChI is InChI=1S/C14H15ClN4O2S/c15-12-5-4-11(22-12)14(21)19-6-2-1-3-10(19)8-7-9(13(16)20)18-17-8/h4-5,7,10H,1-3,6H2,(H2,16,20)(H,17,18). The zero-order valence-electron chi connectivity index (χ0n) is 11.7. The average molecular weight is 339 g/mol. The first-order chi connectivity index (χ1) is 10.6. The van der Waals surface area contributed by atoms with E-state index in [1.807, 2.05) is 4.90 Å². The smallest absolute Gasteiger partial charge is 0.269 e. The quantitative estimate of drug-likeness (QED) is 0.900. The van der Waals surface area contributed by atoms with Crippen molar-refractivity contribution >= 4 is 34.8 Å². The second-order valence-electron chi connectivity index (χ2n) is 5.19. The monoisotopic (exact) mass is 338 g/mol. The highest BCUT2D eigenvalue weighted by Gasteiger charge is 2.31. The molecule has 2 amide bonds. The van der Waals surface area contributed by atoms with Crippen LogP contribution in [0, 0.1) is 0 Å². The van der Waals surface area contributed by atoms with E-state index in [-0.39, 0.29) is 17.6 Å². The van der Waals surface area contributed by atoms with Gasteiger partial charge in [0.15, 0.2) is 0 Å². The van der Waals surface area contributed by atoms with E-state index in [1.165, 1.54) is 11.3 Å². The summed E-state index contributed by atoms with van der Waals surface area (Å²) in [5, 5.41) is 6.74. The van der Waals surface area contributed by atoms with Gasteiger partial charge in [-0.3, -0.25) is 14.7 Å². The number of likely N-dealkylation sites (tertiary alicyclic amines) is 1. The molecular formula is C14H15ClN4O2S. The lowest BCUT2D eigenvalue weighted by molar-refractivity contribution is 0.0611. The largest absolute Gasteiger partial charge is 0.364 e. The Morgan fingerprint density at radius 3 is 2.86 bits per heavy atom. The summed E-state index contributed by atoms with van der Waals surface area (Å²) in [7, 11) is 0. The van der Waals surface area contributed by atoms with E-state index in [2.05, 4.69) is 10.2 Å². The molecule has 0 radical (unpaired) electrons. The van der Waals surface area contributed by atoms with Gasteiger partial charge in [0.25, 0.3) is 11.8 Å². The van der Waals surface area contributed by atoms with Gasteiger partial charge in [0.1, 0.15) is 5.69 Å². The molecule has 0 saturated carbocycles. The summed E-state index contributed by atoms with van der Waals surface area (Å²) in [5.74, 6) is -0.627. The van der Waals surface area contributed by atoms with Crippen LogP contribution in [-0.4, -0.2) is 33.5 Å². The van der Waals surface area contributed by atoms with Gasteiger partial charge in [-0.25, -0.2) is 0 Å². The van der Waals surface area contributed by atoms with Crippen molar-refractivity contribution in [1.82, 2.24) is 15.1 Å². The summed E-state index contributed by atoms with van der Waals surface area (Å²) >= 11 is 7.19. The second kappa shape index (κ2) is 6.10. The van der Waals surface area contributed by atoms with Crippen molar-refractivity contribution in [2.75, 3.05) is 6.54 Å². The SMILES string of the molecule is NC(=O)c1cc(C2CCCCN2C(=O)c2ccc(Cl)s2)[nH]n1. The predicted molar refractivity (Wildman–Crippen MR) is 84.1 cm³/mol. The van der Waals surface area contributed by atoms with Gasteiger partial charge in [0.05, 0.1) is 20.9 Å². The van der Waals surface area contributed by atoms with Crippen LogP contribution in [0.4, 0.5) is 0 Å². The molecule has 6 nitrogen and oxygen atoms in total. The van der Waals surface area contributed by atoms with Crippen molar-refractivity contribution in [3.8, 4) is 0 Å². The highest BCUT2D eigenvalue weighted by atomic mass is 35.5. The molecule has 2 aromatic heterocycles. The third-order valence-corrected chi connectivity index (χ3v) is 4.98. The molecule has 3 heterocycles. The van der Waals surface area contributed by atoms with E-state index in [0.717, 1.165) is 25.0 Å². The lowest BCUT2D eigenvalue weighted by atomic mass is 9.99. The number of H-pyrrole nitrogens is 1. The molecule has 8 heteroatoms. The molecule has 0 aromatic carbocycles. The molecule has 116 valence electrons. The highest BCUT2D eigenvalue weighted by molar-refractivity contribution is 7.17. The maximum atomic E-state index is 12.7. The van der Waals surface area contributed by atoms with E-state index in [9.17, 15) is 9.59 Å². The van der Waals surface area contributed by atoms with Crippen molar-refractivity contribution in [2.24, 2.45) is 5.73 Å². The first-order valence-corrected chi connectivity index (χ1v) is 8.17. The van der Waals surface area contributed by atoms with Gasteiger partial charge in [-0.15, -0.1) is 11.3 Å². The minimum Gasteiger partial charge on any atom is -0.364 e. The van der Waals surface area contributed by atoms with Crippen molar-refractivity contribution in [2.45, 2.75) is 25.3 Å². The highest BCUT2D eigenvalue weighted by Crippen LogP contribution is 2.33. The lowest BCUT2D eigenvalue weighted by Crippen LogP contribution is -2.38. The topological polar surface area (TPSA) is 92.1 Å². The van der Waals surface area contributed by atoms with Gasteiger partial charge in [-0.1, -0.05) is 11.6 Å². The van der Waals surface area contributed by atoms with Crippen LogP contribution < -0.4 is 5.73 Å². The minimum atomic E-state index is -0.582. The zero-order valence-corrected chi connectivity index (χ0v) is 13.3. The van der Waals surface area contributed by atoms with Gasteiger partial charge >= 0.3 is 0 Å². The van der Waals surface area contributed by atoms with Crippen LogP contribution in [0.2, 0.25) is 4.34 Å². The third-order valence-electron chi connectivity index (χ3n) is 3.76. The number of amides is 2. The van der Waals surface area contributed by atoms with Gasteiger partial charge in [0, 0.05) is 6.54 Å². The number of thiophene rings is 1. The van der Waals surface area contributed by atoms with E-state index in [0.29, 0.717) is 15.8 Å². The van der Waals surface area contributed by atoms with Crippen molar-refractivity contribution in [3.63, 3.8) is 0 Å². The van der Waals surface area contributed by atoms with E-state index < -0.39 is 5.91 Å². The van der Waals surface area contributed by atoms with Crippen molar-refractivity contribution in [3.05, 3.63) is 38.8 Å². The molecule has 1 saturated heterocycles. The Balaban J connectivity index is 1.87. The van der Waals surface area contributed by atoms with Crippen LogP contribution in [-0.2, 0) is 0 Å². The number of primary amides is 1. The molecule has 3 rings (SSSR count). The number of rotatable bonds is 3. The molecule has 0 spiro atoms. The number of halogens is 1. The van der Waals surface area contributed by atoms with Crippen LogP contribution in [0.15, 0.2) is 18.2 Å². The normalized spacial score (nSPS) is 18.4. The van der Waals surface area contributed by atoms with Gasteiger partial charge in [0.2, 0.25) is 0 Å². The minimum absolute atomic E-state index is 0.0446. The van der Waals surface area contributed by atoms with E-state index >= 15 is 0 Å². The number of hydrogen-bond acceptors (Lipinski definition) is 4. The maximum Gasteiger partial charge on any atom is 0.269 e. The fraction of sp³-hybridized carbons (Fsp3) is 0.357. The first kappa shape index (κ1) is 15.1. The number of nitrogens with one attached hydrogen (secondary N) is 1. The lowest BCUT2D eigenvalue weighted by Gasteiger charge is -2.34. The molecule has 22 heavy (non-hydrogen) atoms. The fourth-order valence-electron chi connectivity index (χ4n) is 2.70. The molecule has 0 aliphatic carbocycles. The Morgan fingerprint density at radius 1 is 1.41 bits per heavy atom. The van der Waals surface area contributed by atoms with Gasteiger partial charge in [-0.2, -0.15) is 5.10 Å². The number of piperidine rings is 1. The number of nitrogens with zero attached hydrogens (tertiary/aromatic N) is 2. The summed E-state index contributed by atoms with van der Waals surface area (Å²) < 4.78 is 0.592. The van der Waals surface area contributed by atoms with Crippen molar-refractivity contribution in [1.29, 1.82) is 0 Å². The number of carbonyl (C=O) groups is 2. The first-order valence-electron chi connectivity index (χ1n) is 6.97. The fourth-order valence-corrected chi connectivity index (χ4v) is 3.70. The molecule has 1 fully saturated rings. The Labute approximate surface area is 136 Å². The molecule has 1 unspecified atom stereocenters. The van der Waals surface area contributed by atoms with Crippen LogP contribution in [0.5, 0.6) is 0 Å². The number of hydrogen-bond donors (Lipinski definition) is 2. The summed E-state index contributed by atoms with van der Waals surface area (Å²) in [5.41, 5.74) is 6.16. The van der Waals surface area contributed by atoms with Gasteiger partial charge in [-0.05, 0) is 37.5 Å². The molecule has 1 aliphatic rings. The molecule has 0 bridgehead atoms. The number of nitrogens with two attached hydrogens (primary N) is 1. The summed E-state index contributed by atoms with van der Waals surface area (Å²) in [6.45, 7) is 0.671. The molecule has 2 aromatic rings. The van der Waals surface area contributed by atoms with Crippen LogP contribution in [0.1, 0.15) is 51.2 Å². The van der Waals surface area contributed by atoms with E-state index in [1.54, 1.807) is 18.2 Å². The van der Waals surface area contributed by atoms with E-state index in [4.69, 9.17) is 17.3 Å². The Bertz CT molecular complexity index is 711. The number of carbonyl (C=O) groups excluding carboxylic acids is 2. The molecular weight excluding hydrogens is 324 g/mol. The predicted octanol–water partition coefficient (Wildman–Crippen LogP) is 2.59. The Morgan fingerprint density at radius 2 is 2.23 bits per heavy atom. The maximum absolute atomic E-state index is 12.7. The van der Waals surface area contributed by atoms with Crippen molar-refractivity contribution < 1.29 is 9.59 Å². The Kier molecular flexibility index (Phi) is 4.17. The average Bonchev–Trinajstić information content (AvgIpc) is 3.15.